The molecule has 1 aromatic carbocycles. The van der Waals surface area contributed by atoms with E-state index in [0.717, 1.165) is 10.0 Å². The fourth-order valence-electron chi connectivity index (χ4n) is 2.05. The summed E-state index contributed by atoms with van der Waals surface area (Å²) in [7, 11) is 3.24. The number of carbonyl (C=O) groups excluding carboxylic acids is 1. The van der Waals surface area contributed by atoms with Crippen LogP contribution in [-0.2, 0) is 16.1 Å². The van der Waals surface area contributed by atoms with Crippen LogP contribution >= 0.6 is 15.9 Å². The Labute approximate surface area is 152 Å². The zero-order chi connectivity index (χ0) is 18.2. The Balaban J connectivity index is 2.85. The van der Waals surface area contributed by atoms with Gasteiger partial charge in [0.15, 0.2) is 18.1 Å². The third-order valence-electron chi connectivity index (χ3n) is 3.03. The second-order valence-corrected chi connectivity index (χ2v) is 7.17. The number of amides is 1. The monoisotopic (exact) mass is 402 g/mol. The summed E-state index contributed by atoms with van der Waals surface area (Å²) in [6, 6.07) is 3.70. The molecule has 136 valence electrons. The number of hydrogen-bond donors (Lipinski definition) is 2. The first-order valence-corrected chi connectivity index (χ1v) is 8.56. The first-order chi connectivity index (χ1) is 11.3. The minimum atomic E-state index is -0.299. The number of ether oxygens (including phenoxy) is 3. The van der Waals surface area contributed by atoms with Crippen molar-refractivity contribution >= 4 is 21.8 Å². The molecule has 2 N–H and O–H groups in total. The third kappa shape index (κ3) is 7.07. The molecule has 0 bridgehead atoms. The summed E-state index contributed by atoms with van der Waals surface area (Å²) in [5, 5.41) is 6.14. The lowest BCUT2D eigenvalue weighted by molar-refractivity contribution is -0.124. The number of hydrogen-bond acceptors (Lipinski definition) is 5. The molecule has 0 aliphatic rings. The summed E-state index contributed by atoms with van der Waals surface area (Å²) in [6.45, 7) is 7.60. The van der Waals surface area contributed by atoms with Crippen LogP contribution in [0.4, 0.5) is 0 Å². The Hall–Kier alpha value is -1.31. The standard InChI is InChI=1S/C17H27BrN2O4/c1-17(2,3)20-15(21)11-24-16-12(10-19-8-9-22-4)13(18)6-7-14(16)23-5/h6-7,19H,8-11H2,1-5H3,(H,20,21). The second-order valence-electron chi connectivity index (χ2n) is 6.31. The molecule has 0 atom stereocenters. The van der Waals surface area contributed by atoms with Gasteiger partial charge in [0.25, 0.3) is 5.91 Å². The van der Waals surface area contributed by atoms with Gasteiger partial charge in [0.1, 0.15) is 0 Å². The predicted octanol–water partition coefficient (Wildman–Crippen LogP) is 2.49. The highest BCUT2D eigenvalue weighted by atomic mass is 79.9. The van der Waals surface area contributed by atoms with E-state index in [-0.39, 0.29) is 18.1 Å². The van der Waals surface area contributed by atoms with Crippen molar-refractivity contribution in [2.45, 2.75) is 32.9 Å². The average molecular weight is 403 g/mol. The van der Waals surface area contributed by atoms with Gasteiger partial charge in [-0.2, -0.15) is 0 Å². The highest BCUT2D eigenvalue weighted by Crippen LogP contribution is 2.36. The molecule has 0 aromatic heterocycles. The van der Waals surface area contributed by atoms with Crippen LogP contribution in [0, 0.1) is 0 Å². The summed E-state index contributed by atoms with van der Waals surface area (Å²) in [6.07, 6.45) is 0. The molecule has 24 heavy (non-hydrogen) atoms. The van der Waals surface area contributed by atoms with Gasteiger partial charge in [0.05, 0.1) is 13.7 Å². The molecule has 0 spiro atoms. The first kappa shape index (κ1) is 20.7. The fourth-order valence-corrected chi connectivity index (χ4v) is 2.50. The lowest BCUT2D eigenvalue weighted by atomic mass is 10.1. The van der Waals surface area contributed by atoms with Crippen molar-refractivity contribution in [2.24, 2.45) is 0 Å². The van der Waals surface area contributed by atoms with Crippen LogP contribution in [0.1, 0.15) is 26.3 Å². The Kier molecular flexibility index (Phi) is 8.52. The zero-order valence-electron chi connectivity index (χ0n) is 15.0. The molecule has 0 fully saturated rings. The molecule has 1 rings (SSSR count). The summed E-state index contributed by atoms with van der Waals surface area (Å²) < 4.78 is 17.1. The van der Waals surface area contributed by atoms with Crippen LogP contribution in [0.3, 0.4) is 0 Å². The van der Waals surface area contributed by atoms with Gasteiger partial charge in [0, 0.05) is 35.8 Å². The zero-order valence-corrected chi connectivity index (χ0v) is 16.6. The quantitative estimate of drug-likeness (QED) is 0.621. The van der Waals surface area contributed by atoms with Crippen LogP contribution in [0.2, 0.25) is 0 Å². The van der Waals surface area contributed by atoms with E-state index in [0.29, 0.717) is 31.2 Å². The lowest BCUT2D eigenvalue weighted by Gasteiger charge is -2.21. The molecule has 0 aliphatic carbocycles. The molecule has 0 heterocycles. The van der Waals surface area contributed by atoms with Crippen LogP contribution in [-0.4, -0.2) is 45.4 Å². The summed E-state index contributed by atoms with van der Waals surface area (Å²) in [4.78, 5) is 12.0. The van der Waals surface area contributed by atoms with E-state index in [4.69, 9.17) is 14.2 Å². The summed E-state index contributed by atoms with van der Waals surface area (Å²) in [5.74, 6) is 0.967. The van der Waals surface area contributed by atoms with Crippen LogP contribution in [0.15, 0.2) is 16.6 Å². The number of rotatable bonds is 9. The highest BCUT2D eigenvalue weighted by Gasteiger charge is 2.18. The van der Waals surface area contributed by atoms with Crippen molar-refractivity contribution in [3.63, 3.8) is 0 Å². The molecule has 1 aromatic rings. The molecule has 0 unspecified atom stereocenters. The van der Waals surface area contributed by atoms with Gasteiger partial charge >= 0.3 is 0 Å². The van der Waals surface area contributed by atoms with E-state index in [1.54, 1.807) is 20.3 Å². The Morgan fingerprint density at radius 2 is 1.96 bits per heavy atom. The number of halogens is 1. The van der Waals surface area contributed by atoms with Gasteiger partial charge in [-0.3, -0.25) is 4.79 Å². The van der Waals surface area contributed by atoms with Gasteiger partial charge in [-0.25, -0.2) is 0 Å². The fraction of sp³-hybridized carbons (Fsp3) is 0.588. The van der Waals surface area contributed by atoms with Crippen molar-refractivity contribution in [3.05, 3.63) is 22.2 Å². The maximum Gasteiger partial charge on any atom is 0.258 e. The van der Waals surface area contributed by atoms with Gasteiger partial charge in [-0.1, -0.05) is 15.9 Å². The number of nitrogens with one attached hydrogen (secondary N) is 2. The van der Waals surface area contributed by atoms with Crippen LogP contribution in [0.5, 0.6) is 11.5 Å². The SMILES string of the molecule is COCCNCc1c(Br)ccc(OC)c1OCC(=O)NC(C)(C)C. The van der Waals surface area contributed by atoms with Crippen molar-refractivity contribution in [1.82, 2.24) is 10.6 Å². The molecule has 7 heteroatoms. The third-order valence-corrected chi connectivity index (χ3v) is 3.78. The van der Waals surface area contributed by atoms with Gasteiger partial charge in [0.2, 0.25) is 0 Å². The van der Waals surface area contributed by atoms with E-state index < -0.39 is 0 Å². The van der Waals surface area contributed by atoms with E-state index in [2.05, 4.69) is 26.6 Å². The molecule has 6 nitrogen and oxygen atoms in total. The summed E-state index contributed by atoms with van der Waals surface area (Å²) in [5.41, 5.74) is 0.598. The number of carbonyl (C=O) groups is 1. The van der Waals surface area contributed by atoms with Crippen LogP contribution in [0.25, 0.3) is 0 Å². The first-order valence-electron chi connectivity index (χ1n) is 7.77. The smallest absolute Gasteiger partial charge is 0.258 e. The normalized spacial score (nSPS) is 11.2. The minimum Gasteiger partial charge on any atom is -0.493 e. The molecule has 0 aliphatic heterocycles. The topological polar surface area (TPSA) is 68.8 Å². The van der Waals surface area contributed by atoms with Gasteiger partial charge < -0.3 is 24.8 Å². The van der Waals surface area contributed by atoms with Crippen LogP contribution < -0.4 is 20.1 Å². The summed E-state index contributed by atoms with van der Waals surface area (Å²) >= 11 is 3.53. The largest absolute Gasteiger partial charge is 0.493 e. The van der Waals surface area contributed by atoms with Crippen molar-refractivity contribution < 1.29 is 19.0 Å². The minimum absolute atomic E-state index is 0.0743. The number of benzene rings is 1. The highest BCUT2D eigenvalue weighted by molar-refractivity contribution is 9.10. The number of methoxy groups -OCH3 is 2. The molecular formula is C17H27BrN2O4. The molecule has 0 saturated heterocycles. The molecule has 0 saturated carbocycles. The van der Waals surface area contributed by atoms with Crippen molar-refractivity contribution in [3.8, 4) is 11.5 Å². The van der Waals surface area contributed by atoms with Gasteiger partial charge in [-0.05, 0) is 32.9 Å². The average Bonchev–Trinajstić information content (AvgIpc) is 2.49. The van der Waals surface area contributed by atoms with Crippen molar-refractivity contribution in [2.75, 3.05) is 34.0 Å². The Morgan fingerprint density at radius 3 is 2.54 bits per heavy atom. The maximum atomic E-state index is 12.0. The Morgan fingerprint density at radius 1 is 1.25 bits per heavy atom. The van der Waals surface area contributed by atoms with E-state index in [9.17, 15) is 4.79 Å². The molecule has 1 amide bonds. The molecular weight excluding hydrogens is 376 g/mol. The van der Waals surface area contributed by atoms with Gasteiger partial charge in [-0.15, -0.1) is 0 Å². The molecule has 0 radical (unpaired) electrons. The Bertz CT molecular complexity index is 544. The van der Waals surface area contributed by atoms with Crippen molar-refractivity contribution in [1.29, 1.82) is 0 Å². The van der Waals surface area contributed by atoms with E-state index >= 15 is 0 Å². The lowest BCUT2D eigenvalue weighted by Crippen LogP contribution is -2.43. The second kappa shape index (κ2) is 9.86. The van der Waals surface area contributed by atoms with E-state index in [1.165, 1.54) is 0 Å². The van der Waals surface area contributed by atoms with E-state index in [1.807, 2.05) is 26.8 Å². The predicted molar refractivity (Wildman–Crippen MR) is 97.7 cm³/mol. The maximum absolute atomic E-state index is 12.0.